The van der Waals surface area contributed by atoms with E-state index in [1.165, 1.54) is 18.4 Å². The number of aromatic nitrogens is 2. The molecule has 0 amide bonds. The second-order valence-corrected chi connectivity index (χ2v) is 5.09. The Morgan fingerprint density at radius 1 is 1.62 bits per heavy atom. The van der Waals surface area contributed by atoms with Gasteiger partial charge in [0.2, 0.25) is 0 Å². The second-order valence-electron chi connectivity index (χ2n) is 3.18. The van der Waals surface area contributed by atoms with Crippen LogP contribution in [-0.4, -0.2) is 22.9 Å². The van der Waals surface area contributed by atoms with Crippen LogP contribution in [0.4, 0.5) is 0 Å². The minimum atomic E-state index is -0.319. The first-order valence-electron chi connectivity index (χ1n) is 4.48. The second kappa shape index (κ2) is 4.39. The molecule has 0 aliphatic rings. The summed E-state index contributed by atoms with van der Waals surface area (Å²) in [6, 6.07) is 1.76. The molecular weight excluding hydrogens is 292 g/mol. The van der Waals surface area contributed by atoms with Crippen LogP contribution in [0.5, 0.6) is 0 Å². The van der Waals surface area contributed by atoms with Gasteiger partial charge in [0.05, 0.1) is 18.2 Å². The lowest BCUT2D eigenvalue weighted by molar-refractivity contribution is 0.0606. The van der Waals surface area contributed by atoms with Crippen molar-refractivity contribution in [1.29, 1.82) is 0 Å². The number of hydrogen-bond donors (Lipinski definition) is 0. The number of ether oxygens (including phenoxy) is 1. The monoisotopic (exact) mass is 300 g/mol. The Morgan fingerprint density at radius 3 is 2.94 bits per heavy atom. The third-order valence-electron chi connectivity index (χ3n) is 2.04. The summed E-state index contributed by atoms with van der Waals surface area (Å²) in [4.78, 5) is 12.9. The molecule has 0 bridgehead atoms. The van der Waals surface area contributed by atoms with Gasteiger partial charge in [0.25, 0.3) is 0 Å². The van der Waals surface area contributed by atoms with Gasteiger partial charge in [-0.15, -0.1) is 11.3 Å². The fraction of sp³-hybridized carbons (Fsp3) is 0.200. The molecule has 6 heteroatoms. The summed E-state index contributed by atoms with van der Waals surface area (Å²) in [5, 5.41) is 4.09. The van der Waals surface area contributed by atoms with Crippen LogP contribution in [0.15, 0.2) is 22.9 Å². The summed E-state index contributed by atoms with van der Waals surface area (Å²) in [6.45, 7) is 0. The van der Waals surface area contributed by atoms with Crippen molar-refractivity contribution in [2.24, 2.45) is 7.05 Å². The van der Waals surface area contributed by atoms with Gasteiger partial charge in [-0.05, 0) is 22.0 Å². The summed E-state index contributed by atoms with van der Waals surface area (Å²) in [7, 11) is 3.23. The Bertz CT molecular complexity index is 533. The molecule has 16 heavy (non-hydrogen) atoms. The van der Waals surface area contributed by atoms with Crippen molar-refractivity contribution in [2.75, 3.05) is 7.11 Å². The van der Waals surface area contributed by atoms with Crippen LogP contribution in [0.25, 0.3) is 10.4 Å². The molecule has 0 aliphatic heterocycles. The van der Waals surface area contributed by atoms with E-state index in [4.69, 9.17) is 0 Å². The molecule has 2 heterocycles. The van der Waals surface area contributed by atoms with E-state index in [-0.39, 0.29) is 5.97 Å². The largest absolute Gasteiger partial charge is 0.465 e. The van der Waals surface area contributed by atoms with E-state index >= 15 is 0 Å². The molecule has 2 aromatic rings. The Kier molecular flexibility index (Phi) is 3.11. The lowest BCUT2D eigenvalue weighted by Gasteiger charge is -1.92. The van der Waals surface area contributed by atoms with E-state index in [2.05, 4.69) is 25.8 Å². The molecule has 2 aromatic heterocycles. The van der Waals surface area contributed by atoms with Crippen molar-refractivity contribution in [3.63, 3.8) is 0 Å². The van der Waals surface area contributed by atoms with Gasteiger partial charge in [-0.1, -0.05) is 0 Å². The van der Waals surface area contributed by atoms with Crippen LogP contribution < -0.4 is 0 Å². The molecular formula is C10H9BrN2O2S. The maximum atomic E-state index is 11.4. The van der Waals surface area contributed by atoms with Crippen LogP contribution in [-0.2, 0) is 11.8 Å². The van der Waals surface area contributed by atoms with Gasteiger partial charge < -0.3 is 4.74 Å². The van der Waals surface area contributed by atoms with Crippen molar-refractivity contribution in [3.8, 4) is 10.4 Å². The van der Waals surface area contributed by atoms with Gasteiger partial charge in [-0.2, -0.15) is 5.10 Å². The molecule has 2 rings (SSSR count). The minimum Gasteiger partial charge on any atom is -0.465 e. The number of hydrogen-bond acceptors (Lipinski definition) is 4. The first-order chi connectivity index (χ1) is 7.61. The smallest absolute Gasteiger partial charge is 0.348 e. The molecule has 0 fully saturated rings. The number of carbonyl (C=O) groups is 1. The van der Waals surface area contributed by atoms with Crippen molar-refractivity contribution in [2.45, 2.75) is 0 Å². The zero-order valence-electron chi connectivity index (χ0n) is 8.73. The van der Waals surface area contributed by atoms with Crippen LogP contribution in [0.3, 0.4) is 0 Å². The van der Waals surface area contributed by atoms with Crippen molar-refractivity contribution >= 4 is 33.2 Å². The maximum absolute atomic E-state index is 11.4. The van der Waals surface area contributed by atoms with Gasteiger partial charge in [0.1, 0.15) is 4.88 Å². The van der Waals surface area contributed by atoms with Crippen LogP contribution >= 0.6 is 27.3 Å². The highest BCUT2D eigenvalue weighted by atomic mass is 79.9. The molecule has 0 saturated carbocycles. The molecule has 4 nitrogen and oxygen atoms in total. The lowest BCUT2D eigenvalue weighted by Crippen LogP contribution is -1.96. The van der Waals surface area contributed by atoms with Crippen molar-refractivity contribution < 1.29 is 9.53 Å². The molecule has 84 valence electrons. The predicted octanol–water partition coefficient (Wildman–Crippen LogP) is 2.70. The van der Waals surface area contributed by atoms with Gasteiger partial charge in [0, 0.05) is 23.3 Å². The van der Waals surface area contributed by atoms with Crippen molar-refractivity contribution in [1.82, 2.24) is 9.78 Å². The summed E-state index contributed by atoms with van der Waals surface area (Å²) in [5.41, 5.74) is 0.981. The molecule has 0 aromatic carbocycles. The Hall–Kier alpha value is -1.14. The highest BCUT2D eigenvalue weighted by molar-refractivity contribution is 9.10. The van der Waals surface area contributed by atoms with Crippen LogP contribution in [0.1, 0.15) is 9.67 Å². The first kappa shape index (κ1) is 11.3. The molecule has 0 aliphatic carbocycles. The topological polar surface area (TPSA) is 44.1 Å². The van der Waals surface area contributed by atoms with Crippen LogP contribution in [0.2, 0.25) is 0 Å². The first-order valence-corrected chi connectivity index (χ1v) is 6.09. The van der Waals surface area contributed by atoms with Gasteiger partial charge in [-0.3, -0.25) is 4.68 Å². The number of nitrogens with zero attached hydrogens (tertiary/aromatic N) is 2. The quantitative estimate of drug-likeness (QED) is 0.801. The molecule has 0 radical (unpaired) electrons. The standard InChI is InChI=1S/C10H9BrN2O2S/c1-13-5-6(4-12-13)9-7(11)3-8(16-9)10(14)15-2/h3-5H,1-2H3. The zero-order chi connectivity index (χ0) is 11.7. The number of methoxy groups -OCH3 is 1. The lowest BCUT2D eigenvalue weighted by atomic mass is 10.3. The Balaban J connectivity index is 2.43. The normalized spacial score (nSPS) is 10.4. The maximum Gasteiger partial charge on any atom is 0.348 e. The number of thiophene rings is 1. The van der Waals surface area contributed by atoms with E-state index in [1.54, 1.807) is 16.9 Å². The highest BCUT2D eigenvalue weighted by Crippen LogP contribution is 2.36. The number of aryl methyl sites for hydroxylation is 1. The van der Waals surface area contributed by atoms with E-state index < -0.39 is 0 Å². The number of halogens is 1. The predicted molar refractivity (Wildman–Crippen MR) is 65.6 cm³/mol. The average molecular weight is 301 g/mol. The summed E-state index contributed by atoms with van der Waals surface area (Å²) in [5.74, 6) is -0.319. The fourth-order valence-corrected chi connectivity index (χ4v) is 3.10. The minimum absolute atomic E-state index is 0.319. The molecule has 0 unspecified atom stereocenters. The summed E-state index contributed by atoms with van der Waals surface area (Å²) >= 11 is 4.81. The zero-order valence-corrected chi connectivity index (χ0v) is 11.1. The van der Waals surface area contributed by atoms with Gasteiger partial charge in [-0.25, -0.2) is 4.79 Å². The molecule has 0 saturated heterocycles. The summed E-state index contributed by atoms with van der Waals surface area (Å²) < 4.78 is 7.28. The Morgan fingerprint density at radius 2 is 2.38 bits per heavy atom. The molecule has 0 N–H and O–H groups in total. The fourth-order valence-electron chi connectivity index (χ4n) is 1.31. The van der Waals surface area contributed by atoms with E-state index in [0.717, 1.165) is 14.9 Å². The van der Waals surface area contributed by atoms with Gasteiger partial charge >= 0.3 is 5.97 Å². The summed E-state index contributed by atoms with van der Waals surface area (Å²) in [6.07, 6.45) is 3.66. The average Bonchev–Trinajstić information content (AvgIpc) is 2.83. The van der Waals surface area contributed by atoms with E-state index in [9.17, 15) is 4.79 Å². The van der Waals surface area contributed by atoms with Crippen molar-refractivity contribution in [3.05, 3.63) is 27.8 Å². The van der Waals surface area contributed by atoms with Crippen LogP contribution in [0, 0.1) is 0 Å². The third-order valence-corrected chi connectivity index (χ3v) is 4.09. The molecule has 0 atom stereocenters. The number of rotatable bonds is 2. The van der Waals surface area contributed by atoms with E-state index in [0.29, 0.717) is 4.88 Å². The van der Waals surface area contributed by atoms with E-state index in [1.807, 2.05) is 13.2 Å². The van der Waals surface area contributed by atoms with Gasteiger partial charge in [0.15, 0.2) is 0 Å². The SMILES string of the molecule is COC(=O)c1cc(Br)c(-c2cnn(C)c2)s1. The Labute approximate surface area is 105 Å². The number of carbonyl (C=O) groups excluding carboxylic acids is 1. The highest BCUT2D eigenvalue weighted by Gasteiger charge is 2.15. The third kappa shape index (κ3) is 2.03. The molecule has 0 spiro atoms. The number of esters is 1.